The van der Waals surface area contributed by atoms with Crippen molar-refractivity contribution in [2.75, 3.05) is 6.61 Å². The number of benzene rings is 2. The van der Waals surface area contributed by atoms with Gasteiger partial charge < -0.3 is 4.74 Å². The van der Waals surface area contributed by atoms with Gasteiger partial charge in [-0.15, -0.1) is 0 Å². The lowest BCUT2D eigenvalue weighted by Crippen LogP contribution is -2.41. The van der Waals surface area contributed by atoms with E-state index in [-0.39, 0.29) is 25.0 Å². The van der Waals surface area contributed by atoms with Crippen LogP contribution in [0.1, 0.15) is 23.6 Å². The lowest BCUT2D eigenvalue weighted by molar-refractivity contribution is -0.128. The second-order valence-corrected chi connectivity index (χ2v) is 7.04. The first-order valence-electron chi connectivity index (χ1n) is 8.38. The smallest absolute Gasteiger partial charge is 0.416 e. The van der Waals surface area contributed by atoms with Gasteiger partial charge in [0.25, 0.3) is 0 Å². The number of ether oxygens (including phenoxy) is 1. The van der Waals surface area contributed by atoms with E-state index in [0.29, 0.717) is 6.42 Å². The maximum Gasteiger partial charge on any atom is 0.416 e. The third kappa shape index (κ3) is 4.10. The minimum Gasteiger partial charge on any atom is -0.447 e. The largest absolute Gasteiger partial charge is 0.447 e. The number of cyclic esters (lactones) is 1. The van der Waals surface area contributed by atoms with Gasteiger partial charge in [-0.05, 0) is 41.7 Å². The minimum absolute atomic E-state index is 0.205. The van der Waals surface area contributed by atoms with E-state index >= 15 is 0 Å². The summed E-state index contributed by atoms with van der Waals surface area (Å²) >= 11 is 3.46. The topological polar surface area (TPSA) is 46.6 Å². The van der Waals surface area contributed by atoms with Gasteiger partial charge in [0, 0.05) is 4.47 Å². The second kappa shape index (κ2) is 7.83. The van der Waals surface area contributed by atoms with Gasteiger partial charge in [-0.2, -0.15) is 0 Å². The molecule has 1 saturated heterocycles. The quantitative estimate of drug-likeness (QED) is 0.755. The number of carbonyl (C=O) groups is 2. The van der Waals surface area contributed by atoms with Crippen LogP contribution >= 0.6 is 15.9 Å². The molecule has 0 saturated carbocycles. The number of imide groups is 1. The Kier molecular flexibility index (Phi) is 5.53. The number of halogens is 1. The molecule has 0 N–H and O–H groups in total. The van der Waals surface area contributed by atoms with Gasteiger partial charge >= 0.3 is 6.09 Å². The van der Waals surface area contributed by atoms with Crippen molar-refractivity contribution in [1.82, 2.24) is 4.90 Å². The van der Waals surface area contributed by atoms with Gasteiger partial charge in [0.05, 0.1) is 12.5 Å². The molecule has 1 aliphatic heterocycles. The summed E-state index contributed by atoms with van der Waals surface area (Å²) in [5.41, 5.74) is 3.14. The molecule has 0 spiro atoms. The van der Waals surface area contributed by atoms with Gasteiger partial charge in [-0.3, -0.25) is 4.79 Å². The van der Waals surface area contributed by atoms with Crippen molar-refractivity contribution in [3.05, 3.63) is 69.7 Å². The van der Waals surface area contributed by atoms with Crippen LogP contribution in [0.15, 0.2) is 53.0 Å². The van der Waals surface area contributed by atoms with Crippen LogP contribution in [-0.2, 0) is 28.8 Å². The summed E-state index contributed by atoms with van der Waals surface area (Å²) in [7, 11) is 0. The van der Waals surface area contributed by atoms with Gasteiger partial charge in [0.2, 0.25) is 5.91 Å². The molecule has 1 heterocycles. The van der Waals surface area contributed by atoms with Gasteiger partial charge in [-0.25, -0.2) is 9.69 Å². The standard InChI is InChI=1S/C20H20BrNO3/c1-2-15-11-17(21)9-8-16(15)12-19(23)22-18(13-25-20(22)24)10-14-6-4-3-5-7-14/h3-9,11,18H,2,10,12-13H2,1H3/t18-/m1/s1. The zero-order chi connectivity index (χ0) is 17.8. The number of hydrogen-bond acceptors (Lipinski definition) is 3. The van der Waals surface area contributed by atoms with Crippen LogP contribution in [0.4, 0.5) is 4.79 Å². The molecule has 1 fully saturated rings. The molecule has 2 amide bonds. The van der Waals surface area contributed by atoms with E-state index in [2.05, 4.69) is 22.9 Å². The molecule has 0 radical (unpaired) electrons. The van der Waals surface area contributed by atoms with Crippen molar-refractivity contribution >= 4 is 27.9 Å². The Morgan fingerprint density at radius 3 is 2.68 bits per heavy atom. The number of hydrogen-bond donors (Lipinski definition) is 0. The van der Waals surface area contributed by atoms with Crippen LogP contribution in [0.3, 0.4) is 0 Å². The van der Waals surface area contributed by atoms with Crippen molar-refractivity contribution in [2.45, 2.75) is 32.2 Å². The highest BCUT2D eigenvalue weighted by Gasteiger charge is 2.37. The number of nitrogens with zero attached hydrogens (tertiary/aromatic N) is 1. The lowest BCUT2D eigenvalue weighted by Gasteiger charge is -2.20. The summed E-state index contributed by atoms with van der Waals surface area (Å²) in [6.45, 7) is 2.30. The molecule has 0 aromatic heterocycles. The third-order valence-corrected chi connectivity index (χ3v) is 4.93. The van der Waals surface area contributed by atoms with Crippen LogP contribution in [0.2, 0.25) is 0 Å². The average Bonchev–Trinajstić information content (AvgIpc) is 2.97. The van der Waals surface area contributed by atoms with Gasteiger partial charge in [-0.1, -0.05) is 59.3 Å². The van der Waals surface area contributed by atoms with Gasteiger partial charge in [0.1, 0.15) is 6.61 Å². The second-order valence-electron chi connectivity index (χ2n) is 6.13. The molecule has 5 heteroatoms. The van der Waals surface area contributed by atoms with E-state index < -0.39 is 6.09 Å². The molecule has 2 aromatic rings. The van der Waals surface area contributed by atoms with Crippen molar-refractivity contribution < 1.29 is 14.3 Å². The maximum atomic E-state index is 12.8. The van der Waals surface area contributed by atoms with E-state index in [0.717, 1.165) is 27.6 Å². The normalized spacial score (nSPS) is 16.8. The number of rotatable bonds is 5. The van der Waals surface area contributed by atoms with Crippen molar-refractivity contribution in [1.29, 1.82) is 0 Å². The predicted octanol–water partition coefficient (Wildman–Crippen LogP) is 4.14. The highest BCUT2D eigenvalue weighted by molar-refractivity contribution is 9.10. The van der Waals surface area contributed by atoms with Crippen molar-refractivity contribution in [3.63, 3.8) is 0 Å². The highest BCUT2D eigenvalue weighted by atomic mass is 79.9. The lowest BCUT2D eigenvalue weighted by atomic mass is 10.0. The van der Waals surface area contributed by atoms with E-state index in [9.17, 15) is 9.59 Å². The van der Waals surface area contributed by atoms with Crippen LogP contribution in [0, 0.1) is 0 Å². The molecule has 0 bridgehead atoms. The summed E-state index contributed by atoms with van der Waals surface area (Å²) in [4.78, 5) is 26.2. The molecule has 25 heavy (non-hydrogen) atoms. The molecule has 1 aliphatic rings. The molecule has 0 unspecified atom stereocenters. The fraction of sp³-hybridized carbons (Fsp3) is 0.300. The third-order valence-electron chi connectivity index (χ3n) is 4.43. The Hall–Kier alpha value is -2.14. The van der Waals surface area contributed by atoms with Crippen LogP contribution < -0.4 is 0 Å². The van der Waals surface area contributed by atoms with E-state index in [1.165, 1.54) is 4.90 Å². The Morgan fingerprint density at radius 1 is 1.20 bits per heavy atom. The number of carbonyl (C=O) groups excluding carboxylic acids is 2. The molecule has 0 aliphatic carbocycles. The predicted molar refractivity (Wildman–Crippen MR) is 99.4 cm³/mol. The average molecular weight is 402 g/mol. The fourth-order valence-corrected chi connectivity index (χ4v) is 3.56. The van der Waals surface area contributed by atoms with Crippen molar-refractivity contribution in [2.24, 2.45) is 0 Å². The first-order chi connectivity index (χ1) is 12.1. The van der Waals surface area contributed by atoms with E-state index in [4.69, 9.17) is 4.74 Å². The van der Waals surface area contributed by atoms with Gasteiger partial charge in [0.15, 0.2) is 0 Å². The van der Waals surface area contributed by atoms with Crippen LogP contribution in [0.5, 0.6) is 0 Å². The molecular weight excluding hydrogens is 382 g/mol. The summed E-state index contributed by atoms with van der Waals surface area (Å²) in [6.07, 6.45) is 1.11. The zero-order valence-corrected chi connectivity index (χ0v) is 15.7. The highest BCUT2D eigenvalue weighted by Crippen LogP contribution is 2.22. The Morgan fingerprint density at radius 2 is 1.96 bits per heavy atom. The summed E-state index contributed by atoms with van der Waals surface area (Å²) < 4.78 is 6.13. The monoisotopic (exact) mass is 401 g/mol. The zero-order valence-electron chi connectivity index (χ0n) is 14.1. The van der Waals surface area contributed by atoms with Crippen LogP contribution in [0.25, 0.3) is 0 Å². The fourth-order valence-electron chi connectivity index (χ4n) is 3.15. The molecule has 130 valence electrons. The summed E-state index contributed by atoms with van der Waals surface area (Å²) in [5.74, 6) is -0.208. The number of amides is 2. The van der Waals surface area contributed by atoms with E-state index in [1.807, 2.05) is 48.5 Å². The number of aryl methyl sites for hydroxylation is 1. The molecule has 1 atom stereocenters. The first-order valence-corrected chi connectivity index (χ1v) is 9.17. The molecule has 3 rings (SSSR count). The SMILES string of the molecule is CCc1cc(Br)ccc1CC(=O)N1C(=O)OC[C@H]1Cc1ccccc1. The van der Waals surface area contributed by atoms with E-state index in [1.54, 1.807) is 0 Å². The minimum atomic E-state index is -0.541. The molecular formula is C20H20BrNO3. The Labute approximate surface area is 155 Å². The Bertz CT molecular complexity index is 776. The first kappa shape index (κ1) is 17.7. The summed E-state index contributed by atoms with van der Waals surface area (Å²) in [5, 5.41) is 0. The molecule has 2 aromatic carbocycles. The maximum absolute atomic E-state index is 12.8. The van der Waals surface area contributed by atoms with Crippen LogP contribution in [-0.4, -0.2) is 29.5 Å². The summed E-state index contributed by atoms with van der Waals surface area (Å²) in [6, 6.07) is 15.5. The molecule has 4 nitrogen and oxygen atoms in total. The van der Waals surface area contributed by atoms with Crippen molar-refractivity contribution in [3.8, 4) is 0 Å². The Balaban J connectivity index is 1.76.